The van der Waals surface area contributed by atoms with Crippen LogP contribution in [-0.2, 0) is 4.79 Å². The summed E-state index contributed by atoms with van der Waals surface area (Å²) in [6.07, 6.45) is 0. The zero-order chi connectivity index (χ0) is 13.0. The molecule has 1 atom stereocenters. The Kier molecular flexibility index (Phi) is 4.57. The second-order valence-corrected chi connectivity index (χ2v) is 4.66. The van der Waals surface area contributed by atoms with E-state index in [-0.39, 0.29) is 11.8 Å². The van der Waals surface area contributed by atoms with Gasteiger partial charge in [0.15, 0.2) is 0 Å². The maximum Gasteiger partial charge on any atom is 0.251 e. The van der Waals surface area contributed by atoms with Gasteiger partial charge in [-0.15, -0.1) is 12.6 Å². The molecule has 0 saturated heterocycles. The van der Waals surface area contributed by atoms with Crippen molar-refractivity contribution in [2.45, 2.75) is 24.8 Å². The number of primary amides is 1. The Bertz CT molecular complexity index is 432. The minimum Gasteiger partial charge on any atom is -0.368 e. The summed E-state index contributed by atoms with van der Waals surface area (Å²) in [5.74, 6) is -0.899. The Labute approximate surface area is 106 Å². The lowest BCUT2D eigenvalue weighted by atomic mass is 10.0. The minimum absolute atomic E-state index is 0.0457. The lowest BCUT2D eigenvalue weighted by Crippen LogP contribution is -2.47. The first kappa shape index (κ1) is 13.6. The molecule has 17 heavy (non-hydrogen) atoms. The van der Waals surface area contributed by atoms with Gasteiger partial charge in [0.25, 0.3) is 5.91 Å². The molecule has 0 aliphatic carbocycles. The Morgan fingerprint density at radius 2 is 2.00 bits per heavy atom. The van der Waals surface area contributed by atoms with Gasteiger partial charge in [-0.25, -0.2) is 0 Å². The van der Waals surface area contributed by atoms with Gasteiger partial charge < -0.3 is 11.1 Å². The smallest absolute Gasteiger partial charge is 0.251 e. The molecule has 0 spiro atoms. The Morgan fingerprint density at radius 1 is 1.35 bits per heavy atom. The number of hydrogen-bond donors (Lipinski definition) is 3. The molecule has 1 unspecified atom stereocenters. The van der Waals surface area contributed by atoms with E-state index in [0.717, 1.165) is 0 Å². The van der Waals surface area contributed by atoms with Crippen LogP contribution in [0.2, 0.25) is 0 Å². The Hall–Kier alpha value is -1.49. The molecule has 0 aromatic heterocycles. The van der Waals surface area contributed by atoms with E-state index in [2.05, 4.69) is 17.9 Å². The van der Waals surface area contributed by atoms with Gasteiger partial charge in [0.05, 0.1) is 0 Å². The molecule has 1 aromatic rings. The van der Waals surface area contributed by atoms with Crippen LogP contribution in [0, 0.1) is 5.92 Å². The van der Waals surface area contributed by atoms with Crippen LogP contribution in [0.15, 0.2) is 29.2 Å². The van der Waals surface area contributed by atoms with Crippen molar-refractivity contribution >= 4 is 24.4 Å². The fourth-order valence-electron chi connectivity index (χ4n) is 1.44. The van der Waals surface area contributed by atoms with Crippen LogP contribution in [0.25, 0.3) is 0 Å². The number of benzene rings is 1. The summed E-state index contributed by atoms with van der Waals surface area (Å²) in [6, 6.07) is 6.13. The second-order valence-electron chi connectivity index (χ2n) is 4.15. The molecular weight excluding hydrogens is 236 g/mol. The molecular formula is C12H16N2O2S. The number of thiol groups is 1. The van der Waals surface area contributed by atoms with E-state index >= 15 is 0 Å². The van der Waals surface area contributed by atoms with E-state index in [0.29, 0.717) is 10.5 Å². The number of carbonyl (C=O) groups excluding carboxylic acids is 2. The Balaban J connectivity index is 2.81. The number of hydrogen-bond acceptors (Lipinski definition) is 3. The highest BCUT2D eigenvalue weighted by atomic mass is 32.1. The summed E-state index contributed by atoms with van der Waals surface area (Å²) < 4.78 is 0. The van der Waals surface area contributed by atoms with Crippen molar-refractivity contribution < 1.29 is 9.59 Å². The van der Waals surface area contributed by atoms with Gasteiger partial charge >= 0.3 is 0 Å². The van der Waals surface area contributed by atoms with Crippen molar-refractivity contribution in [2.75, 3.05) is 0 Å². The van der Waals surface area contributed by atoms with Crippen LogP contribution in [0.1, 0.15) is 24.2 Å². The molecule has 3 N–H and O–H groups in total. The molecule has 0 aliphatic rings. The van der Waals surface area contributed by atoms with Gasteiger partial charge in [-0.2, -0.15) is 0 Å². The maximum absolute atomic E-state index is 11.9. The predicted molar refractivity (Wildman–Crippen MR) is 69.0 cm³/mol. The van der Waals surface area contributed by atoms with E-state index in [4.69, 9.17) is 5.73 Å². The highest BCUT2D eigenvalue weighted by Crippen LogP contribution is 2.10. The normalized spacial score (nSPS) is 12.2. The number of carbonyl (C=O) groups is 2. The van der Waals surface area contributed by atoms with Crippen LogP contribution in [0.5, 0.6) is 0 Å². The molecule has 5 heteroatoms. The molecule has 1 rings (SSSR count). The quantitative estimate of drug-likeness (QED) is 0.705. The van der Waals surface area contributed by atoms with Gasteiger partial charge in [0.2, 0.25) is 5.91 Å². The molecule has 0 saturated carbocycles. The fraction of sp³-hybridized carbons (Fsp3) is 0.333. The SMILES string of the molecule is CC(C)C(NC(=O)c1cccc(S)c1)C(N)=O. The highest BCUT2D eigenvalue weighted by Gasteiger charge is 2.22. The number of amides is 2. The van der Waals surface area contributed by atoms with Crippen LogP contribution < -0.4 is 11.1 Å². The molecule has 0 bridgehead atoms. The standard InChI is InChI=1S/C12H16N2O2S/c1-7(2)10(11(13)15)14-12(16)8-4-3-5-9(17)6-8/h3-7,10,17H,1-2H3,(H2,13,15)(H,14,16). The third-order valence-electron chi connectivity index (χ3n) is 2.37. The van der Waals surface area contributed by atoms with Gasteiger partial charge in [-0.3, -0.25) is 9.59 Å². The van der Waals surface area contributed by atoms with Crippen molar-refractivity contribution in [1.82, 2.24) is 5.32 Å². The van der Waals surface area contributed by atoms with Crippen LogP contribution in [-0.4, -0.2) is 17.9 Å². The first-order valence-electron chi connectivity index (χ1n) is 5.31. The fourth-order valence-corrected chi connectivity index (χ4v) is 1.66. The second kappa shape index (κ2) is 5.72. The lowest BCUT2D eigenvalue weighted by Gasteiger charge is -2.18. The summed E-state index contributed by atoms with van der Waals surface area (Å²) in [7, 11) is 0. The molecule has 4 nitrogen and oxygen atoms in total. The number of rotatable bonds is 4. The van der Waals surface area contributed by atoms with E-state index in [1.165, 1.54) is 0 Å². The maximum atomic E-state index is 11.9. The van der Waals surface area contributed by atoms with E-state index < -0.39 is 11.9 Å². The zero-order valence-corrected chi connectivity index (χ0v) is 10.7. The minimum atomic E-state index is -0.661. The van der Waals surface area contributed by atoms with Gasteiger partial charge in [-0.1, -0.05) is 19.9 Å². The van der Waals surface area contributed by atoms with Crippen molar-refractivity contribution in [3.8, 4) is 0 Å². The van der Waals surface area contributed by atoms with E-state index in [1.54, 1.807) is 24.3 Å². The number of nitrogens with one attached hydrogen (secondary N) is 1. The molecule has 0 radical (unpaired) electrons. The summed E-state index contributed by atoms with van der Waals surface area (Å²) in [6.45, 7) is 3.65. The van der Waals surface area contributed by atoms with E-state index in [1.807, 2.05) is 13.8 Å². The first-order chi connectivity index (χ1) is 7.91. The average Bonchev–Trinajstić information content (AvgIpc) is 2.24. The van der Waals surface area contributed by atoms with Crippen molar-refractivity contribution in [2.24, 2.45) is 11.7 Å². The van der Waals surface area contributed by atoms with Gasteiger partial charge in [0.1, 0.15) is 6.04 Å². The molecule has 1 aromatic carbocycles. The topological polar surface area (TPSA) is 72.2 Å². The lowest BCUT2D eigenvalue weighted by molar-refractivity contribution is -0.120. The summed E-state index contributed by atoms with van der Waals surface area (Å²) in [5, 5.41) is 2.61. The van der Waals surface area contributed by atoms with Crippen LogP contribution in [0.3, 0.4) is 0 Å². The van der Waals surface area contributed by atoms with Gasteiger partial charge in [0, 0.05) is 10.5 Å². The third kappa shape index (κ3) is 3.78. The van der Waals surface area contributed by atoms with Crippen molar-refractivity contribution in [3.05, 3.63) is 29.8 Å². The summed E-state index contributed by atoms with van der Waals surface area (Å²) >= 11 is 4.15. The van der Waals surface area contributed by atoms with Crippen molar-refractivity contribution in [3.63, 3.8) is 0 Å². The van der Waals surface area contributed by atoms with Crippen molar-refractivity contribution in [1.29, 1.82) is 0 Å². The molecule has 0 heterocycles. The monoisotopic (exact) mass is 252 g/mol. The van der Waals surface area contributed by atoms with E-state index in [9.17, 15) is 9.59 Å². The Morgan fingerprint density at radius 3 is 2.47 bits per heavy atom. The zero-order valence-electron chi connectivity index (χ0n) is 9.81. The molecule has 2 amide bonds. The average molecular weight is 252 g/mol. The highest BCUT2D eigenvalue weighted by molar-refractivity contribution is 7.80. The summed E-state index contributed by atoms with van der Waals surface area (Å²) in [4.78, 5) is 23.7. The summed E-state index contributed by atoms with van der Waals surface area (Å²) in [5.41, 5.74) is 5.69. The predicted octanol–water partition coefficient (Wildman–Crippen LogP) is 1.21. The van der Waals surface area contributed by atoms with Crippen LogP contribution >= 0.6 is 12.6 Å². The largest absolute Gasteiger partial charge is 0.368 e. The molecule has 92 valence electrons. The molecule has 0 fully saturated rings. The first-order valence-corrected chi connectivity index (χ1v) is 5.75. The van der Waals surface area contributed by atoms with Crippen LogP contribution in [0.4, 0.5) is 0 Å². The third-order valence-corrected chi connectivity index (χ3v) is 2.65. The molecule has 0 aliphatic heterocycles. The number of nitrogens with two attached hydrogens (primary N) is 1. The van der Waals surface area contributed by atoms with Gasteiger partial charge in [-0.05, 0) is 24.1 Å².